The standard InChI is InChI=1S/C61H96O5/c1-4-7-10-13-16-19-22-25-28-29-30-31-32-35-38-41-44-47-50-53-56-64-57-59(66-61(63)55-52-49-46-43-40-37-34-27-24-21-18-15-12-9-6-3)58-65-60(62)54-51-48-45-42-39-36-33-26-23-20-17-14-11-8-5-2/h7-12,16-21,25-28,30-31,33-34,39,42,48,51,59H,4-6,13-15,22-24,29,32,35-38,40-41,43-47,49-50,52-58H2,1-3H3/b10-7-,11-8-,12-9-,19-16-,20-17-,21-18-,28-25-,31-30-,33-26-,34-27-,42-39-,51-48-. The Labute approximate surface area is 406 Å². The topological polar surface area (TPSA) is 61.8 Å². The lowest BCUT2D eigenvalue weighted by Gasteiger charge is -2.18. The molecule has 0 aromatic carbocycles. The number of esters is 2. The summed E-state index contributed by atoms with van der Waals surface area (Å²) in [6, 6.07) is 0. The van der Waals surface area contributed by atoms with Gasteiger partial charge in [0.2, 0.25) is 0 Å². The molecule has 0 aromatic heterocycles. The van der Waals surface area contributed by atoms with Gasteiger partial charge in [0.1, 0.15) is 6.61 Å². The molecule has 0 bridgehead atoms. The van der Waals surface area contributed by atoms with Crippen molar-refractivity contribution in [3.05, 3.63) is 146 Å². The summed E-state index contributed by atoms with van der Waals surface area (Å²) in [6.45, 7) is 7.32. The minimum atomic E-state index is -0.602. The number of rotatable bonds is 46. The summed E-state index contributed by atoms with van der Waals surface area (Å²) in [7, 11) is 0. The predicted octanol–water partition coefficient (Wildman–Crippen LogP) is 18.1. The molecule has 5 heteroatoms. The first kappa shape index (κ1) is 61.8. The largest absolute Gasteiger partial charge is 0.461 e. The maximum Gasteiger partial charge on any atom is 0.309 e. The monoisotopic (exact) mass is 909 g/mol. The van der Waals surface area contributed by atoms with Crippen LogP contribution in [0.25, 0.3) is 0 Å². The summed E-state index contributed by atoms with van der Waals surface area (Å²) >= 11 is 0. The van der Waals surface area contributed by atoms with Crippen molar-refractivity contribution in [3.63, 3.8) is 0 Å². The lowest BCUT2D eigenvalue weighted by atomic mass is 10.1. The van der Waals surface area contributed by atoms with Gasteiger partial charge >= 0.3 is 11.9 Å². The zero-order valence-electron chi connectivity index (χ0n) is 42.4. The van der Waals surface area contributed by atoms with Gasteiger partial charge in [-0.05, 0) is 116 Å². The predicted molar refractivity (Wildman–Crippen MR) is 288 cm³/mol. The van der Waals surface area contributed by atoms with E-state index in [1.807, 2.05) is 12.2 Å². The van der Waals surface area contributed by atoms with Gasteiger partial charge in [-0.2, -0.15) is 0 Å². The first-order valence-corrected chi connectivity index (χ1v) is 26.4. The maximum absolute atomic E-state index is 12.8. The van der Waals surface area contributed by atoms with Gasteiger partial charge in [-0.15, -0.1) is 0 Å². The van der Waals surface area contributed by atoms with Gasteiger partial charge in [0.25, 0.3) is 0 Å². The van der Waals surface area contributed by atoms with E-state index in [-0.39, 0.29) is 31.6 Å². The number of carbonyl (C=O) groups is 2. The minimum absolute atomic E-state index is 0.00933. The lowest BCUT2D eigenvalue weighted by Crippen LogP contribution is -2.30. The molecular weight excluding hydrogens is 813 g/mol. The van der Waals surface area contributed by atoms with Crippen molar-refractivity contribution < 1.29 is 23.8 Å². The van der Waals surface area contributed by atoms with Crippen LogP contribution in [0.4, 0.5) is 0 Å². The van der Waals surface area contributed by atoms with Crippen LogP contribution in [0.5, 0.6) is 0 Å². The maximum atomic E-state index is 12.8. The molecule has 0 aliphatic carbocycles. The Balaban J connectivity index is 4.46. The number of hydrogen-bond donors (Lipinski definition) is 0. The third-order valence-electron chi connectivity index (χ3n) is 10.4. The molecule has 0 rings (SSSR count). The van der Waals surface area contributed by atoms with E-state index in [0.717, 1.165) is 128 Å². The van der Waals surface area contributed by atoms with E-state index in [1.165, 1.54) is 38.5 Å². The second-order valence-corrected chi connectivity index (χ2v) is 16.6. The molecule has 0 fully saturated rings. The zero-order valence-corrected chi connectivity index (χ0v) is 42.4. The third kappa shape index (κ3) is 52.4. The van der Waals surface area contributed by atoms with E-state index >= 15 is 0 Å². The van der Waals surface area contributed by atoms with Crippen LogP contribution < -0.4 is 0 Å². The fraction of sp³-hybridized carbons (Fsp3) is 0.574. The van der Waals surface area contributed by atoms with Gasteiger partial charge in [-0.1, -0.05) is 218 Å². The van der Waals surface area contributed by atoms with E-state index in [9.17, 15) is 9.59 Å². The Hall–Kier alpha value is -4.22. The number of allylic oxidation sites excluding steroid dienone is 23. The molecule has 1 atom stereocenters. The molecule has 66 heavy (non-hydrogen) atoms. The molecule has 0 saturated carbocycles. The summed E-state index contributed by atoms with van der Waals surface area (Å²) in [5.41, 5.74) is 0. The van der Waals surface area contributed by atoms with Crippen LogP contribution in [0.2, 0.25) is 0 Å². The van der Waals surface area contributed by atoms with Crippen LogP contribution >= 0.6 is 0 Å². The molecule has 0 aliphatic heterocycles. The zero-order chi connectivity index (χ0) is 47.7. The van der Waals surface area contributed by atoms with E-state index in [4.69, 9.17) is 14.2 Å². The molecule has 370 valence electrons. The van der Waals surface area contributed by atoms with Crippen molar-refractivity contribution >= 4 is 11.9 Å². The number of unbranched alkanes of at least 4 members (excludes halogenated alkanes) is 12. The Morgan fingerprint density at radius 3 is 1.09 bits per heavy atom. The molecule has 0 aliphatic rings. The van der Waals surface area contributed by atoms with Crippen LogP contribution in [-0.4, -0.2) is 37.9 Å². The molecule has 0 radical (unpaired) electrons. The first-order chi connectivity index (χ1) is 32.6. The molecule has 0 heterocycles. The van der Waals surface area contributed by atoms with Gasteiger partial charge < -0.3 is 14.2 Å². The average Bonchev–Trinajstić information content (AvgIpc) is 3.32. The third-order valence-corrected chi connectivity index (χ3v) is 10.4. The fourth-order valence-electron chi connectivity index (χ4n) is 6.59. The molecule has 0 amide bonds. The molecule has 0 N–H and O–H groups in total. The Morgan fingerprint density at radius 2 is 0.682 bits per heavy atom. The van der Waals surface area contributed by atoms with E-state index in [2.05, 4.69) is 154 Å². The summed E-state index contributed by atoms with van der Waals surface area (Å²) in [6.07, 6.45) is 80.3. The second-order valence-electron chi connectivity index (χ2n) is 16.6. The Bertz CT molecular complexity index is 1450. The highest BCUT2D eigenvalue weighted by molar-refractivity contribution is 5.71. The van der Waals surface area contributed by atoms with E-state index in [1.54, 1.807) is 0 Å². The van der Waals surface area contributed by atoms with Crippen molar-refractivity contribution in [2.75, 3.05) is 19.8 Å². The second kappa shape index (κ2) is 55.1. The van der Waals surface area contributed by atoms with Crippen molar-refractivity contribution in [3.8, 4) is 0 Å². The SMILES string of the molecule is CC/C=C\C/C=C\C/C=C\C/C=C\C/C=C\CC(=O)OCC(COCCCCCCCCC/C=C\C/C=C\C/C=C\C/C=C\CC)OC(=O)CCCCCCC/C=C\C/C=C\C/C=C\CC. The van der Waals surface area contributed by atoms with Crippen molar-refractivity contribution in [1.29, 1.82) is 0 Å². The van der Waals surface area contributed by atoms with Crippen LogP contribution in [0.3, 0.4) is 0 Å². The Morgan fingerprint density at radius 1 is 0.348 bits per heavy atom. The number of hydrogen-bond acceptors (Lipinski definition) is 5. The van der Waals surface area contributed by atoms with Gasteiger partial charge in [0.15, 0.2) is 6.10 Å². The number of carbonyl (C=O) groups excluding carboxylic acids is 2. The quantitative estimate of drug-likeness (QED) is 0.0346. The molecule has 5 nitrogen and oxygen atoms in total. The van der Waals surface area contributed by atoms with Gasteiger partial charge in [-0.25, -0.2) is 0 Å². The van der Waals surface area contributed by atoms with Crippen LogP contribution in [0.1, 0.15) is 201 Å². The average molecular weight is 909 g/mol. The van der Waals surface area contributed by atoms with Gasteiger partial charge in [-0.3, -0.25) is 9.59 Å². The molecule has 0 saturated heterocycles. The fourth-order valence-corrected chi connectivity index (χ4v) is 6.59. The van der Waals surface area contributed by atoms with E-state index < -0.39 is 6.10 Å². The molecular formula is C61H96O5. The van der Waals surface area contributed by atoms with Gasteiger partial charge in [0, 0.05) is 13.0 Å². The van der Waals surface area contributed by atoms with Gasteiger partial charge in [0.05, 0.1) is 13.0 Å². The highest BCUT2D eigenvalue weighted by Gasteiger charge is 2.17. The summed E-state index contributed by atoms with van der Waals surface area (Å²) in [4.78, 5) is 25.4. The number of ether oxygens (including phenoxy) is 3. The summed E-state index contributed by atoms with van der Waals surface area (Å²) in [5, 5.41) is 0. The highest BCUT2D eigenvalue weighted by Crippen LogP contribution is 2.12. The summed E-state index contributed by atoms with van der Waals surface area (Å²) in [5.74, 6) is -0.581. The van der Waals surface area contributed by atoms with Crippen molar-refractivity contribution in [1.82, 2.24) is 0 Å². The van der Waals surface area contributed by atoms with Crippen molar-refractivity contribution in [2.45, 2.75) is 207 Å². The molecule has 0 aromatic rings. The van der Waals surface area contributed by atoms with Crippen molar-refractivity contribution in [2.24, 2.45) is 0 Å². The Kier molecular flexibility index (Phi) is 51.6. The van der Waals surface area contributed by atoms with Crippen LogP contribution in [-0.2, 0) is 23.8 Å². The first-order valence-electron chi connectivity index (χ1n) is 26.4. The molecule has 1 unspecified atom stereocenters. The van der Waals surface area contributed by atoms with Crippen LogP contribution in [0.15, 0.2) is 146 Å². The van der Waals surface area contributed by atoms with E-state index in [0.29, 0.717) is 13.0 Å². The lowest BCUT2D eigenvalue weighted by molar-refractivity contribution is -0.162. The van der Waals surface area contributed by atoms with Crippen LogP contribution in [0, 0.1) is 0 Å². The molecule has 0 spiro atoms. The smallest absolute Gasteiger partial charge is 0.309 e. The normalized spacial score (nSPS) is 13.4. The summed E-state index contributed by atoms with van der Waals surface area (Å²) < 4.78 is 17.3. The highest BCUT2D eigenvalue weighted by atomic mass is 16.6. The minimum Gasteiger partial charge on any atom is -0.461 e.